The highest BCUT2D eigenvalue weighted by Gasteiger charge is 2.35. The predicted octanol–water partition coefficient (Wildman–Crippen LogP) is 2.72. The Hall–Kier alpha value is -3.68. The normalized spacial score (nSPS) is 16.0. The van der Waals surface area contributed by atoms with Crippen LogP contribution in [-0.2, 0) is 16.1 Å². The van der Waals surface area contributed by atoms with Gasteiger partial charge < -0.3 is 19.5 Å². The summed E-state index contributed by atoms with van der Waals surface area (Å²) in [6.07, 6.45) is 0.176. The average Bonchev–Trinajstić information content (AvgIpc) is 3.38. The molecule has 3 aromatic rings. The van der Waals surface area contributed by atoms with E-state index < -0.39 is 5.92 Å². The highest BCUT2D eigenvalue weighted by Crippen LogP contribution is 2.28. The summed E-state index contributed by atoms with van der Waals surface area (Å²) in [4.78, 5) is 31.1. The number of nitrogens with one attached hydrogen (secondary N) is 1. The molecule has 1 atom stereocenters. The molecule has 0 aliphatic carbocycles. The number of carbonyl (C=O) groups excluding carboxylic acids is 2. The van der Waals surface area contributed by atoms with Crippen molar-refractivity contribution in [2.24, 2.45) is 5.92 Å². The monoisotopic (exact) mass is 406 g/mol. The molecule has 0 bridgehead atoms. The molecule has 8 nitrogen and oxygen atoms in total. The maximum Gasteiger partial charge on any atom is 0.227 e. The molecule has 1 N–H and O–H groups in total. The first-order chi connectivity index (χ1) is 14.5. The zero-order valence-electron chi connectivity index (χ0n) is 16.8. The van der Waals surface area contributed by atoms with Crippen molar-refractivity contribution in [2.45, 2.75) is 19.9 Å². The molecular weight excluding hydrogens is 384 g/mol. The number of anilines is 1. The van der Waals surface area contributed by atoms with Crippen LogP contribution in [0.1, 0.15) is 17.9 Å². The second kappa shape index (κ2) is 8.36. The molecule has 4 rings (SSSR count). The zero-order chi connectivity index (χ0) is 21.1. The number of carbonyl (C=O) groups is 2. The van der Waals surface area contributed by atoms with Gasteiger partial charge in [-0.2, -0.15) is 4.98 Å². The van der Waals surface area contributed by atoms with E-state index in [-0.39, 0.29) is 18.2 Å². The number of amides is 2. The van der Waals surface area contributed by atoms with Crippen LogP contribution in [-0.4, -0.2) is 35.6 Å². The topological polar surface area (TPSA) is 97.6 Å². The summed E-state index contributed by atoms with van der Waals surface area (Å²) in [5.41, 5.74) is 2.40. The molecule has 1 saturated heterocycles. The molecule has 8 heteroatoms. The Bertz CT molecular complexity index is 1080. The minimum absolute atomic E-state index is 0.0852. The third-order valence-electron chi connectivity index (χ3n) is 5.04. The molecule has 0 saturated carbocycles. The van der Waals surface area contributed by atoms with E-state index >= 15 is 0 Å². The lowest BCUT2D eigenvalue weighted by Crippen LogP contribution is -2.32. The van der Waals surface area contributed by atoms with Crippen molar-refractivity contribution >= 4 is 17.5 Å². The molecule has 1 aromatic heterocycles. The highest BCUT2D eigenvalue weighted by atomic mass is 16.5. The van der Waals surface area contributed by atoms with E-state index in [1.165, 1.54) is 0 Å². The fourth-order valence-corrected chi connectivity index (χ4v) is 3.48. The number of aryl methyl sites for hydroxylation is 1. The van der Waals surface area contributed by atoms with E-state index in [2.05, 4.69) is 15.5 Å². The maximum absolute atomic E-state index is 12.6. The Morgan fingerprint density at radius 3 is 2.87 bits per heavy atom. The smallest absolute Gasteiger partial charge is 0.227 e. The molecule has 0 unspecified atom stereocenters. The average molecular weight is 406 g/mol. The third kappa shape index (κ3) is 4.17. The van der Waals surface area contributed by atoms with Crippen LogP contribution in [0, 0.1) is 12.8 Å². The second-order valence-corrected chi connectivity index (χ2v) is 7.16. The number of ether oxygens (including phenoxy) is 1. The van der Waals surface area contributed by atoms with Crippen molar-refractivity contribution in [1.82, 2.24) is 15.5 Å². The largest absolute Gasteiger partial charge is 0.497 e. The van der Waals surface area contributed by atoms with Crippen LogP contribution in [0.4, 0.5) is 5.69 Å². The van der Waals surface area contributed by atoms with Gasteiger partial charge in [-0.1, -0.05) is 29.4 Å². The predicted molar refractivity (Wildman–Crippen MR) is 110 cm³/mol. The Kier molecular flexibility index (Phi) is 5.47. The Balaban J connectivity index is 1.42. The van der Waals surface area contributed by atoms with Crippen LogP contribution in [0.5, 0.6) is 5.75 Å². The van der Waals surface area contributed by atoms with Gasteiger partial charge in [0.1, 0.15) is 5.75 Å². The van der Waals surface area contributed by atoms with Crippen molar-refractivity contribution in [3.63, 3.8) is 0 Å². The first-order valence-electron chi connectivity index (χ1n) is 9.65. The van der Waals surface area contributed by atoms with E-state index in [1.54, 1.807) is 18.9 Å². The number of hydrogen-bond acceptors (Lipinski definition) is 6. The standard InChI is InChI=1S/C22H22N4O4/c1-14-24-21(25-30-14)16-6-4-7-18(10-16)26-13-17(11-20(26)27)22(28)23-12-15-5-3-8-19(9-15)29-2/h3-10,17H,11-13H2,1-2H3,(H,23,28)/t17-/m0/s1. The molecule has 1 fully saturated rings. The van der Waals surface area contributed by atoms with Crippen molar-refractivity contribution in [2.75, 3.05) is 18.6 Å². The number of rotatable bonds is 6. The summed E-state index contributed by atoms with van der Waals surface area (Å²) >= 11 is 0. The van der Waals surface area contributed by atoms with Crippen molar-refractivity contribution in [1.29, 1.82) is 0 Å². The Morgan fingerprint density at radius 2 is 2.10 bits per heavy atom. The van der Waals surface area contributed by atoms with Crippen molar-refractivity contribution < 1.29 is 18.8 Å². The summed E-state index contributed by atoms with van der Waals surface area (Å²) in [5.74, 6) is 1.05. The molecule has 2 amide bonds. The summed E-state index contributed by atoms with van der Waals surface area (Å²) in [7, 11) is 1.60. The molecular formula is C22H22N4O4. The van der Waals surface area contributed by atoms with Gasteiger partial charge in [0.25, 0.3) is 0 Å². The molecule has 30 heavy (non-hydrogen) atoms. The van der Waals surface area contributed by atoms with E-state index in [4.69, 9.17) is 9.26 Å². The maximum atomic E-state index is 12.6. The molecule has 0 radical (unpaired) electrons. The van der Waals surface area contributed by atoms with Gasteiger partial charge in [0.2, 0.25) is 23.5 Å². The van der Waals surface area contributed by atoms with Crippen molar-refractivity contribution in [3.8, 4) is 17.1 Å². The number of nitrogens with zero attached hydrogens (tertiary/aromatic N) is 3. The Morgan fingerprint density at radius 1 is 1.27 bits per heavy atom. The number of benzene rings is 2. The number of aromatic nitrogens is 2. The SMILES string of the molecule is COc1cccc(CNC(=O)[C@H]2CC(=O)N(c3cccc(-c4noc(C)n4)c3)C2)c1. The van der Waals surface area contributed by atoms with Crippen LogP contribution in [0.25, 0.3) is 11.4 Å². The first-order valence-corrected chi connectivity index (χ1v) is 9.65. The zero-order valence-corrected chi connectivity index (χ0v) is 16.8. The quantitative estimate of drug-likeness (QED) is 0.676. The van der Waals surface area contributed by atoms with Crippen LogP contribution < -0.4 is 15.0 Å². The summed E-state index contributed by atoms with van der Waals surface area (Å²) < 4.78 is 10.2. The molecule has 154 valence electrons. The lowest BCUT2D eigenvalue weighted by atomic mass is 10.1. The molecule has 1 aliphatic rings. The minimum Gasteiger partial charge on any atom is -0.497 e. The Labute approximate surface area is 173 Å². The lowest BCUT2D eigenvalue weighted by Gasteiger charge is -2.17. The van der Waals surface area contributed by atoms with Gasteiger partial charge in [-0.15, -0.1) is 0 Å². The molecule has 2 heterocycles. The fourth-order valence-electron chi connectivity index (χ4n) is 3.48. The van der Waals surface area contributed by atoms with E-state index in [0.717, 1.165) is 16.9 Å². The first kappa shape index (κ1) is 19.6. The van der Waals surface area contributed by atoms with E-state index in [0.29, 0.717) is 30.5 Å². The summed E-state index contributed by atoms with van der Waals surface area (Å²) in [6.45, 7) is 2.43. The molecule has 2 aromatic carbocycles. The van der Waals surface area contributed by atoms with Gasteiger partial charge in [-0.05, 0) is 29.8 Å². The van der Waals surface area contributed by atoms with Gasteiger partial charge in [0, 0.05) is 37.7 Å². The molecule has 1 aliphatic heterocycles. The van der Waals surface area contributed by atoms with Crippen LogP contribution in [0.3, 0.4) is 0 Å². The third-order valence-corrected chi connectivity index (χ3v) is 5.04. The second-order valence-electron chi connectivity index (χ2n) is 7.16. The van der Waals surface area contributed by atoms with Crippen LogP contribution in [0.2, 0.25) is 0 Å². The van der Waals surface area contributed by atoms with E-state index in [1.807, 2.05) is 48.5 Å². The minimum atomic E-state index is -0.404. The fraction of sp³-hybridized carbons (Fsp3) is 0.273. The summed E-state index contributed by atoms with van der Waals surface area (Å²) in [5, 5.41) is 6.84. The summed E-state index contributed by atoms with van der Waals surface area (Å²) in [6, 6.07) is 14.9. The number of hydrogen-bond donors (Lipinski definition) is 1. The van der Waals surface area contributed by atoms with Crippen molar-refractivity contribution in [3.05, 3.63) is 60.0 Å². The van der Waals surface area contributed by atoms with Crippen LogP contribution >= 0.6 is 0 Å². The number of methoxy groups -OCH3 is 1. The van der Waals surface area contributed by atoms with Gasteiger partial charge in [-0.3, -0.25) is 9.59 Å². The van der Waals surface area contributed by atoms with Gasteiger partial charge in [0.05, 0.1) is 13.0 Å². The van der Waals surface area contributed by atoms with Crippen LogP contribution in [0.15, 0.2) is 53.1 Å². The van der Waals surface area contributed by atoms with Gasteiger partial charge in [-0.25, -0.2) is 0 Å². The van der Waals surface area contributed by atoms with Gasteiger partial charge >= 0.3 is 0 Å². The van der Waals surface area contributed by atoms with E-state index in [9.17, 15) is 9.59 Å². The van der Waals surface area contributed by atoms with Gasteiger partial charge in [0.15, 0.2) is 0 Å². The molecule has 0 spiro atoms. The highest BCUT2D eigenvalue weighted by molar-refractivity contribution is 6.00. The lowest BCUT2D eigenvalue weighted by molar-refractivity contribution is -0.126.